The number of thiophene rings is 1. The van der Waals surface area contributed by atoms with Crippen molar-refractivity contribution in [3.63, 3.8) is 0 Å². The number of rotatable bonds is 5. The average Bonchev–Trinajstić information content (AvgIpc) is 3.01. The van der Waals surface area contributed by atoms with E-state index in [0.29, 0.717) is 6.04 Å². The summed E-state index contributed by atoms with van der Waals surface area (Å²) in [6.07, 6.45) is 1.11. The first-order chi connectivity index (χ1) is 10.3. The molecule has 1 unspecified atom stereocenters. The molecule has 2 heteroatoms. The molecule has 0 radical (unpaired) electrons. The first kappa shape index (κ1) is 14.3. The van der Waals surface area contributed by atoms with Crippen LogP contribution in [0.3, 0.4) is 0 Å². The second-order valence-electron chi connectivity index (χ2n) is 5.29. The van der Waals surface area contributed by atoms with Gasteiger partial charge in [-0.1, -0.05) is 50.2 Å². The predicted octanol–water partition coefficient (Wildman–Crippen LogP) is 5.63. The van der Waals surface area contributed by atoms with Crippen molar-refractivity contribution in [1.82, 2.24) is 5.32 Å². The van der Waals surface area contributed by atoms with E-state index in [4.69, 9.17) is 0 Å². The number of fused-ring (bicyclic) bond motifs is 1. The maximum absolute atomic E-state index is 3.56. The van der Waals surface area contributed by atoms with Gasteiger partial charge in [0, 0.05) is 10.7 Å². The lowest BCUT2D eigenvalue weighted by atomic mass is 9.97. The minimum absolute atomic E-state index is 0.442. The molecule has 3 aromatic rings. The highest BCUT2D eigenvalue weighted by Crippen LogP contribution is 2.33. The molecule has 0 amide bonds. The van der Waals surface area contributed by atoms with Gasteiger partial charge >= 0.3 is 0 Å². The van der Waals surface area contributed by atoms with Gasteiger partial charge in [-0.25, -0.2) is 0 Å². The predicted molar refractivity (Wildman–Crippen MR) is 94.0 cm³/mol. The Labute approximate surface area is 130 Å². The van der Waals surface area contributed by atoms with E-state index in [1.165, 1.54) is 26.8 Å². The summed E-state index contributed by atoms with van der Waals surface area (Å²) in [5.41, 5.74) is 4.04. The van der Waals surface area contributed by atoms with Gasteiger partial charge in [-0.15, -0.1) is 11.3 Å². The quantitative estimate of drug-likeness (QED) is 0.643. The number of benzene rings is 2. The highest BCUT2D eigenvalue weighted by molar-refractivity contribution is 7.17. The van der Waals surface area contributed by atoms with Crippen molar-refractivity contribution in [2.75, 3.05) is 6.54 Å². The van der Waals surface area contributed by atoms with E-state index in [-0.39, 0.29) is 0 Å². The van der Waals surface area contributed by atoms with E-state index in [1.807, 2.05) is 11.3 Å². The van der Waals surface area contributed by atoms with Gasteiger partial charge in [-0.2, -0.15) is 0 Å². The number of hydrogen-bond donors (Lipinski definition) is 1. The highest BCUT2D eigenvalue weighted by atomic mass is 32.1. The van der Waals surface area contributed by atoms with Gasteiger partial charge in [0.05, 0.1) is 0 Å². The summed E-state index contributed by atoms with van der Waals surface area (Å²) < 4.78 is 1.38. The standard InChI is InChI=1S/C19H21NS/c1-3-18(20-4-2)16-9-5-8-15(13-16)17-10-6-7-14-11-12-21-19(14)17/h5-13,18,20H,3-4H2,1-2H3. The molecular weight excluding hydrogens is 274 g/mol. The summed E-state index contributed by atoms with van der Waals surface area (Å²) in [5, 5.41) is 7.07. The molecule has 1 atom stereocenters. The van der Waals surface area contributed by atoms with Gasteiger partial charge in [-0.3, -0.25) is 0 Å². The Kier molecular flexibility index (Phi) is 4.37. The topological polar surface area (TPSA) is 12.0 Å². The van der Waals surface area contributed by atoms with E-state index >= 15 is 0 Å². The lowest BCUT2D eigenvalue weighted by Gasteiger charge is -2.17. The van der Waals surface area contributed by atoms with Crippen LogP contribution in [0.4, 0.5) is 0 Å². The SMILES string of the molecule is CCNC(CC)c1cccc(-c2cccc3ccsc23)c1. The Morgan fingerprint density at radius 2 is 1.90 bits per heavy atom. The zero-order valence-corrected chi connectivity index (χ0v) is 13.4. The van der Waals surface area contributed by atoms with Crippen molar-refractivity contribution in [3.8, 4) is 11.1 Å². The summed E-state index contributed by atoms with van der Waals surface area (Å²) >= 11 is 1.82. The van der Waals surface area contributed by atoms with Crippen molar-refractivity contribution >= 4 is 21.4 Å². The largest absolute Gasteiger partial charge is 0.310 e. The molecule has 1 heterocycles. The first-order valence-corrected chi connectivity index (χ1v) is 8.51. The molecule has 0 spiro atoms. The van der Waals surface area contributed by atoms with Crippen LogP contribution in [-0.2, 0) is 0 Å². The third-order valence-electron chi connectivity index (χ3n) is 3.94. The molecule has 1 aromatic heterocycles. The molecule has 1 N–H and O–H groups in total. The van der Waals surface area contributed by atoms with Crippen LogP contribution < -0.4 is 5.32 Å². The Balaban J connectivity index is 2.05. The molecule has 0 aliphatic heterocycles. The Morgan fingerprint density at radius 1 is 1.05 bits per heavy atom. The monoisotopic (exact) mass is 295 g/mol. The van der Waals surface area contributed by atoms with Crippen LogP contribution in [0.15, 0.2) is 53.9 Å². The molecule has 0 saturated carbocycles. The fraction of sp³-hybridized carbons (Fsp3) is 0.263. The van der Waals surface area contributed by atoms with Gasteiger partial charge < -0.3 is 5.32 Å². The van der Waals surface area contributed by atoms with Crippen LogP contribution in [0.1, 0.15) is 31.9 Å². The summed E-state index contributed by atoms with van der Waals surface area (Å²) in [7, 11) is 0. The average molecular weight is 295 g/mol. The fourth-order valence-corrected chi connectivity index (χ4v) is 3.82. The van der Waals surface area contributed by atoms with Gasteiger partial charge in [0.15, 0.2) is 0 Å². The molecule has 1 nitrogen and oxygen atoms in total. The molecule has 0 aliphatic carbocycles. The van der Waals surface area contributed by atoms with E-state index in [9.17, 15) is 0 Å². The van der Waals surface area contributed by atoms with Crippen LogP contribution in [0.5, 0.6) is 0 Å². The molecule has 2 aromatic carbocycles. The van der Waals surface area contributed by atoms with Gasteiger partial charge in [-0.05, 0) is 52.6 Å². The van der Waals surface area contributed by atoms with Crippen molar-refractivity contribution in [3.05, 3.63) is 59.5 Å². The van der Waals surface area contributed by atoms with Crippen LogP contribution in [0, 0.1) is 0 Å². The molecule has 21 heavy (non-hydrogen) atoms. The maximum Gasteiger partial charge on any atom is 0.0421 e. The number of hydrogen-bond acceptors (Lipinski definition) is 2. The molecule has 3 rings (SSSR count). The van der Waals surface area contributed by atoms with Crippen molar-refractivity contribution < 1.29 is 0 Å². The minimum Gasteiger partial charge on any atom is -0.310 e. The Hall–Kier alpha value is -1.64. The summed E-state index contributed by atoms with van der Waals surface area (Å²) in [6.45, 7) is 5.40. The lowest BCUT2D eigenvalue weighted by molar-refractivity contribution is 0.537. The van der Waals surface area contributed by atoms with Gasteiger partial charge in [0.1, 0.15) is 0 Å². The van der Waals surface area contributed by atoms with Gasteiger partial charge in [0.25, 0.3) is 0 Å². The first-order valence-electron chi connectivity index (χ1n) is 7.63. The molecule has 0 fully saturated rings. The molecule has 0 bridgehead atoms. The summed E-state index contributed by atoms with van der Waals surface area (Å²) in [4.78, 5) is 0. The van der Waals surface area contributed by atoms with Crippen molar-refractivity contribution in [1.29, 1.82) is 0 Å². The highest BCUT2D eigenvalue weighted by Gasteiger charge is 2.10. The number of nitrogens with one attached hydrogen (secondary N) is 1. The van der Waals surface area contributed by atoms with Gasteiger partial charge in [0.2, 0.25) is 0 Å². The molecule has 0 aliphatic rings. The van der Waals surface area contributed by atoms with E-state index < -0.39 is 0 Å². The summed E-state index contributed by atoms with van der Waals surface area (Å²) in [5.74, 6) is 0. The molecule has 0 saturated heterocycles. The van der Waals surface area contributed by atoms with Crippen molar-refractivity contribution in [2.45, 2.75) is 26.3 Å². The molecule has 108 valence electrons. The van der Waals surface area contributed by atoms with Crippen LogP contribution >= 0.6 is 11.3 Å². The second kappa shape index (κ2) is 6.42. The second-order valence-corrected chi connectivity index (χ2v) is 6.20. The van der Waals surface area contributed by atoms with Crippen LogP contribution in [0.25, 0.3) is 21.2 Å². The van der Waals surface area contributed by atoms with E-state index in [2.05, 4.69) is 73.1 Å². The zero-order chi connectivity index (χ0) is 14.7. The third kappa shape index (κ3) is 2.87. The fourth-order valence-electron chi connectivity index (χ4n) is 2.89. The Morgan fingerprint density at radius 3 is 2.71 bits per heavy atom. The van der Waals surface area contributed by atoms with E-state index in [0.717, 1.165) is 13.0 Å². The lowest BCUT2D eigenvalue weighted by Crippen LogP contribution is -2.19. The summed E-state index contributed by atoms with van der Waals surface area (Å²) in [6, 6.07) is 18.2. The minimum atomic E-state index is 0.442. The van der Waals surface area contributed by atoms with Crippen LogP contribution in [-0.4, -0.2) is 6.54 Å². The normalized spacial score (nSPS) is 12.7. The van der Waals surface area contributed by atoms with Crippen LogP contribution in [0.2, 0.25) is 0 Å². The zero-order valence-electron chi connectivity index (χ0n) is 12.6. The third-order valence-corrected chi connectivity index (χ3v) is 4.90. The smallest absolute Gasteiger partial charge is 0.0421 e. The molecular formula is C19H21NS. The van der Waals surface area contributed by atoms with Crippen molar-refractivity contribution in [2.24, 2.45) is 0 Å². The Bertz CT molecular complexity index is 729. The van der Waals surface area contributed by atoms with E-state index in [1.54, 1.807) is 0 Å². The maximum atomic E-state index is 3.56.